The first kappa shape index (κ1) is 17.6. The Morgan fingerprint density at radius 1 is 1.28 bits per heavy atom. The van der Waals surface area contributed by atoms with Crippen molar-refractivity contribution in [1.82, 2.24) is 10.2 Å². The lowest BCUT2D eigenvalue weighted by atomic mass is 10.1. The molecule has 5 heteroatoms. The van der Waals surface area contributed by atoms with Crippen LogP contribution in [0.25, 0.3) is 0 Å². The second kappa shape index (κ2) is 8.23. The highest BCUT2D eigenvalue weighted by atomic mass is 19.1. The zero-order valence-corrected chi connectivity index (χ0v) is 14.4. The number of carbonyl (C=O) groups is 1. The van der Waals surface area contributed by atoms with Gasteiger partial charge in [-0.25, -0.2) is 4.39 Å². The van der Waals surface area contributed by atoms with Gasteiger partial charge in [0.25, 0.3) is 5.91 Å². The van der Waals surface area contributed by atoms with Crippen LogP contribution in [0.1, 0.15) is 21.5 Å². The van der Waals surface area contributed by atoms with E-state index in [0.29, 0.717) is 24.3 Å². The molecule has 1 heterocycles. The molecule has 0 bridgehead atoms. The molecule has 2 aromatic carbocycles. The van der Waals surface area contributed by atoms with Gasteiger partial charge in [-0.15, -0.1) is 0 Å². The summed E-state index contributed by atoms with van der Waals surface area (Å²) in [4.78, 5) is 14.5. The van der Waals surface area contributed by atoms with Crippen LogP contribution < -0.4 is 5.32 Å². The summed E-state index contributed by atoms with van der Waals surface area (Å²) in [5.41, 5.74) is 2.13. The van der Waals surface area contributed by atoms with Crippen LogP contribution in [0.3, 0.4) is 0 Å². The molecule has 0 spiro atoms. The standard InChI is InChI=1S/C20H23FN2O2/c1-15-7-8-17(11-19(15)21)20(24)22-12-18-14-23(9-10-25-18)13-16-5-3-2-4-6-16/h2-8,11,18H,9-10,12-14H2,1H3,(H,22,24). The van der Waals surface area contributed by atoms with Gasteiger partial charge in [-0.3, -0.25) is 9.69 Å². The van der Waals surface area contributed by atoms with Gasteiger partial charge in [0, 0.05) is 31.7 Å². The van der Waals surface area contributed by atoms with Crippen molar-refractivity contribution in [1.29, 1.82) is 0 Å². The highest BCUT2D eigenvalue weighted by molar-refractivity contribution is 5.94. The Kier molecular flexibility index (Phi) is 5.79. The molecule has 1 unspecified atom stereocenters. The van der Waals surface area contributed by atoms with E-state index < -0.39 is 0 Å². The molecular formula is C20H23FN2O2. The second-order valence-corrected chi connectivity index (χ2v) is 6.39. The molecule has 132 valence electrons. The maximum atomic E-state index is 13.6. The van der Waals surface area contributed by atoms with Gasteiger partial charge in [-0.1, -0.05) is 36.4 Å². The lowest BCUT2D eigenvalue weighted by Crippen LogP contribution is -2.47. The maximum Gasteiger partial charge on any atom is 0.251 e. The van der Waals surface area contributed by atoms with Crippen LogP contribution in [0, 0.1) is 12.7 Å². The number of carbonyl (C=O) groups excluding carboxylic acids is 1. The van der Waals surface area contributed by atoms with Gasteiger partial charge < -0.3 is 10.1 Å². The minimum Gasteiger partial charge on any atom is -0.374 e. The molecule has 1 fully saturated rings. The molecule has 3 rings (SSSR count). The molecule has 0 radical (unpaired) electrons. The average molecular weight is 342 g/mol. The molecule has 1 aliphatic rings. The lowest BCUT2D eigenvalue weighted by Gasteiger charge is -2.33. The normalized spacial score (nSPS) is 18.1. The molecule has 0 aromatic heterocycles. The third kappa shape index (κ3) is 4.87. The van der Waals surface area contributed by atoms with Gasteiger partial charge in [0.1, 0.15) is 5.82 Å². The highest BCUT2D eigenvalue weighted by Crippen LogP contribution is 2.11. The summed E-state index contributed by atoms with van der Waals surface area (Å²) >= 11 is 0. The lowest BCUT2D eigenvalue weighted by molar-refractivity contribution is -0.0292. The Balaban J connectivity index is 1.50. The van der Waals surface area contributed by atoms with Crippen molar-refractivity contribution < 1.29 is 13.9 Å². The molecule has 4 nitrogen and oxygen atoms in total. The van der Waals surface area contributed by atoms with Crippen molar-refractivity contribution >= 4 is 5.91 Å². The average Bonchev–Trinajstić information content (AvgIpc) is 2.63. The van der Waals surface area contributed by atoms with Crippen LogP contribution in [0.2, 0.25) is 0 Å². The number of hydrogen-bond donors (Lipinski definition) is 1. The number of nitrogens with one attached hydrogen (secondary N) is 1. The van der Waals surface area contributed by atoms with Crippen LogP contribution in [-0.4, -0.2) is 43.2 Å². The number of morpholine rings is 1. The van der Waals surface area contributed by atoms with Crippen molar-refractivity contribution in [3.63, 3.8) is 0 Å². The Labute approximate surface area is 147 Å². The van der Waals surface area contributed by atoms with Gasteiger partial charge in [-0.2, -0.15) is 0 Å². The van der Waals surface area contributed by atoms with Gasteiger partial charge in [-0.05, 0) is 30.2 Å². The van der Waals surface area contributed by atoms with Crippen LogP contribution >= 0.6 is 0 Å². The molecular weight excluding hydrogens is 319 g/mol. The Bertz CT molecular complexity index is 721. The monoisotopic (exact) mass is 342 g/mol. The maximum absolute atomic E-state index is 13.6. The van der Waals surface area contributed by atoms with Crippen molar-refractivity contribution in [2.24, 2.45) is 0 Å². The van der Waals surface area contributed by atoms with E-state index in [2.05, 4.69) is 22.3 Å². The van der Waals surface area contributed by atoms with Crippen molar-refractivity contribution in [2.75, 3.05) is 26.2 Å². The van der Waals surface area contributed by atoms with E-state index in [4.69, 9.17) is 4.74 Å². The summed E-state index contributed by atoms with van der Waals surface area (Å²) in [6.45, 7) is 5.25. The summed E-state index contributed by atoms with van der Waals surface area (Å²) in [6.07, 6.45) is -0.0586. The van der Waals surface area contributed by atoms with Crippen LogP contribution in [0.15, 0.2) is 48.5 Å². The quantitative estimate of drug-likeness (QED) is 0.908. The van der Waals surface area contributed by atoms with Crippen LogP contribution in [0.4, 0.5) is 4.39 Å². The summed E-state index contributed by atoms with van der Waals surface area (Å²) in [5, 5.41) is 2.84. The molecule has 1 aliphatic heterocycles. The molecule has 0 saturated carbocycles. The van der Waals surface area contributed by atoms with E-state index in [1.807, 2.05) is 18.2 Å². The summed E-state index contributed by atoms with van der Waals surface area (Å²) in [7, 11) is 0. The number of rotatable bonds is 5. The fourth-order valence-electron chi connectivity index (χ4n) is 2.93. The van der Waals surface area contributed by atoms with Crippen molar-refractivity contribution in [3.8, 4) is 0 Å². The van der Waals surface area contributed by atoms with E-state index in [1.54, 1.807) is 19.1 Å². The SMILES string of the molecule is Cc1ccc(C(=O)NCC2CN(Cc3ccccc3)CCO2)cc1F. The summed E-state index contributed by atoms with van der Waals surface area (Å²) in [5.74, 6) is -0.640. The number of hydrogen-bond acceptors (Lipinski definition) is 3. The van der Waals surface area contributed by atoms with Crippen molar-refractivity contribution in [3.05, 3.63) is 71.0 Å². The fourth-order valence-corrected chi connectivity index (χ4v) is 2.93. The number of aryl methyl sites for hydroxylation is 1. The highest BCUT2D eigenvalue weighted by Gasteiger charge is 2.21. The predicted octanol–water partition coefficient (Wildman–Crippen LogP) is 2.76. The third-order valence-corrected chi connectivity index (χ3v) is 4.40. The van der Waals surface area contributed by atoms with Gasteiger partial charge in [0.2, 0.25) is 0 Å². The Morgan fingerprint density at radius 3 is 2.84 bits per heavy atom. The fraction of sp³-hybridized carbons (Fsp3) is 0.350. The molecule has 1 atom stereocenters. The second-order valence-electron chi connectivity index (χ2n) is 6.39. The minimum absolute atomic E-state index is 0.0586. The summed E-state index contributed by atoms with van der Waals surface area (Å²) < 4.78 is 19.3. The molecule has 1 saturated heterocycles. The zero-order chi connectivity index (χ0) is 17.6. The van der Waals surface area contributed by atoms with Gasteiger partial charge in [0.05, 0.1) is 12.7 Å². The minimum atomic E-state index is -0.365. The predicted molar refractivity (Wildman–Crippen MR) is 94.9 cm³/mol. The van der Waals surface area contributed by atoms with E-state index >= 15 is 0 Å². The first-order chi connectivity index (χ1) is 12.1. The van der Waals surface area contributed by atoms with Crippen LogP contribution in [-0.2, 0) is 11.3 Å². The number of nitrogens with zero attached hydrogens (tertiary/aromatic N) is 1. The topological polar surface area (TPSA) is 41.6 Å². The number of halogens is 1. The van der Waals surface area contributed by atoms with Crippen molar-refractivity contribution in [2.45, 2.75) is 19.6 Å². The molecule has 25 heavy (non-hydrogen) atoms. The first-order valence-corrected chi connectivity index (χ1v) is 8.54. The van der Waals surface area contributed by atoms with Gasteiger partial charge in [0.15, 0.2) is 0 Å². The number of amides is 1. The molecule has 0 aliphatic carbocycles. The smallest absolute Gasteiger partial charge is 0.251 e. The molecule has 2 aromatic rings. The van der Waals surface area contributed by atoms with E-state index in [0.717, 1.165) is 19.6 Å². The third-order valence-electron chi connectivity index (χ3n) is 4.40. The Morgan fingerprint density at radius 2 is 2.08 bits per heavy atom. The van der Waals surface area contributed by atoms with E-state index in [1.165, 1.54) is 11.6 Å². The molecule has 1 N–H and O–H groups in total. The number of benzene rings is 2. The number of ether oxygens (including phenoxy) is 1. The Hall–Kier alpha value is -2.24. The first-order valence-electron chi connectivity index (χ1n) is 8.54. The van der Waals surface area contributed by atoms with E-state index in [9.17, 15) is 9.18 Å². The van der Waals surface area contributed by atoms with Gasteiger partial charge >= 0.3 is 0 Å². The van der Waals surface area contributed by atoms with E-state index in [-0.39, 0.29) is 17.8 Å². The molecule has 1 amide bonds. The zero-order valence-electron chi connectivity index (χ0n) is 14.4. The van der Waals surface area contributed by atoms with Crippen LogP contribution in [0.5, 0.6) is 0 Å². The largest absolute Gasteiger partial charge is 0.374 e. The summed E-state index contributed by atoms with van der Waals surface area (Å²) in [6, 6.07) is 14.8.